The zero-order chi connectivity index (χ0) is 21.5. The summed E-state index contributed by atoms with van der Waals surface area (Å²) in [4.78, 5) is 36.7. The van der Waals surface area contributed by atoms with Crippen molar-refractivity contribution in [3.63, 3.8) is 0 Å². The Balaban J connectivity index is 1.81. The first-order chi connectivity index (χ1) is 15.0. The minimum atomic E-state index is -0.566. The van der Waals surface area contributed by atoms with Crippen LogP contribution in [0.4, 0.5) is 5.69 Å². The molecule has 0 radical (unpaired) electrons. The van der Waals surface area contributed by atoms with Gasteiger partial charge in [-0.3, -0.25) is 24.3 Å². The molecular formula is C24H16N2O5. The van der Waals surface area contributed by atoms with Gasteiger partial charge in [-0.15, -0.1) is 0 Å². The number of nitro benzene ring substituents is 1. The number of para-hydroxylation sites is 2. The fourth-order valence-corrected chi connectivity index (χ4v) is 4.12. The number of ether oxygens (including phenoxy) is 1. The minimum Gasteiger partial charge on any atom is -0.425 e. The molecule has 1 atom stereocenters. The van der Waals surface area contributed by atoms with E-state index in [4.69, 9.17) is 4.74 Å². The lowest BCUT2D eigenvalue weighted by Crippen LogP contribution is -2.32. The molecule has 4 aromatic rings. The number of carbonyl (C=O) groups is 1. The van der Waals surface area contributed by atoms with Crippen LogP contribution in [0.3, 0.4) is 0 Å². The van der Waals surface area contributed by atoms with E-state index in [9.17, 15) is 19.7 Å². The van der Waals surface area contributed by atoms with E-state index >= 15 is 0 Å². The van der Waals surface area contributed by atoms with Crippen molar-refractivity contribution in [1.82, 2.24) is 4.57 Å². The second kappa shape index (κ2) is 7.21. The summed E-state index contributed by atoms with van der Waals surface area (Å²) in [6, 6.07) is 22.5. The van der Waals surface area contributed by atoms with Crippen LogP contribution in [-0.2, 0) is 4.79 Å². The Morgan fingerprint density at radius 1 is 0.903 bits per heavy atom. The van der Waals surface area contributed by atoms with Crippen molar-refractivity contribution in [3.05, 3.63) is 110 Å². The number of nitrogens with zero attached hydrogens (tertiary/aromatic N) is 2. The lowest BCUT2D eigenvalue weighted by atomic mass is 9.86. The molecule has 5 rings (SSSR count). The highest BCUT2D eigenvalue weighted by molar-refractivity contribution is 5.92. The number of fused-ring (bicyclic) bond motifs is 3. The van der Waals surface area contributed by atoms with Crippen LogP contribution in [-0.4, -0.2) is 15.5 Å². The van der Waals surface area contributed by atoms with Gasteiger partial charge in [0, 0.05) is 29.1 Å². The zero-order valence-electron chi connectivity index (χ0n) is 16.2. The average molecular weight is 412 g/mol. The monoisotopic (exact) mass is 412 g/mol. The van der Waals surface area contributed by atoms with Crippen LogP contribution in [0.15, 0.2) is 83.7 Å². The molecule has 1 aliphatic rings. The summed E-state index contributed by atoms with van der Waals surface area (Å²) in [6.07, 6.45) is -0.0207. The number of hydrogen-bond acceptors (Lipinski definition) is 5. The molecule has 7 nitrogen and oxygen atoms in total. The van der Waals surface area contributed by atoms with Gasteiger partial charge in [0.15, 0.2) is 0 Å². The van der Waals surface area contributed by atoms with Crippen LogP contribution >= 0.6 is 0 Å². The van der Waals surface area contributed by atoms with E-state index in [2.05, 4.69) is 0 Å². The van der Waals surface area contributed by atoms with Crippen LogP contribution in [0, 0.1) is 10.1 Å². The minimum absolute atomic E-state index is 0.0207. The molecule has 0 fully saturated rings. The van der Waals surface area contributed by atoms with E-state index in [1.807, 2.05) is 54.6 Å². The molecule has 3 aromatic carbocycles. The molecule has 1 unspecified atom stereocenters. The van der Waals surface area contributed by atoms with Crippen molar-refractivity contribution >= 4 is 22.6 Å². The van der Waals surface area contributed by atoms with E-state index in [0.717, 1.165) is 0 Å². The van der Waals surface area contributed by atoms with E-state index in [1.54, 1.807) is 16.7 Å². The van der Waals surface area contributed by atoms with E-state index in [1.165, 1.54) is 12.1 Å². The molecule has 0 bridgehead atoms. The lowest BCUT2D eigenvalue weighted by molar-refractivity contribution is -0.384. The summed E-state index contributed by atoms with van der Waals surface area (Å²) >= 11 is 0. The number of nitro groups is 1. The number of esters is 1. The van der Waals surface area contributed by atoms with Crippen molar-refractivity contribution in [2.24, 2.45) is 0 Å². The molecule has 0 N–H and O–H groups in total. The Morgan fingerprint density at radius 2 is 1.58 bits per heavy atom. The zero-order valence-corrected chi connectivity index (χ0v) is 16.2. The van der Waals surface area contributed by atoms with Gasteiger partial charge in [-0.2, -0.15) is 0 Å². The molecule has 0 saturated heterocycles. The summed E-state index contributed by atoms with van der Waals surface area (Å²) in [5.41, 5.74) is 2.02. The molecule has 7 heteroatoms. The third-order valence-corrected chi connectivity index (χ3v) is 5.52. The molecule has 0 amide bonds. The maximum Gasteiger partial charge on any atom is 0.312 e. The van der Waals surface area contributed by atoms with Crippen molar-refractivity contribution < 1.29 is 14.5 Å². The van der Waals surface area contributed by atoms with Crippen molar-refractivity contribution in [3.8, 4) is 11.4 Å². The SMILES string of the molecule is O=C1CC(c2ccc([N+](=O)[O-])cc2)c2c(c3ccccc3n(-c3ccccc3)c2=O)O1. The summed E-state index contributed by atoms with van der Waals surface area (Å²) < 4.78 is 7.19. The molecule has 0 aliphatic carbocycles. The van der Waals surface area contributed by atoms with Gasteiger partial charge in [0.05, 0.1) is 22.4 Å². The van der Waals surface area contributed by atoms with Gasteiger partial charge in [-0.25, -0.2) is 0 Å². The molecule has 1 aliphatic heterocycles. The maximum atomic E-state index is 13.8. The largest absolute Gasteiger partial charge is 0.425 e. The Kier molecular flexibility index (Phi) is 4.36. The number of rotatable bonds is 3. The molecular weight excluding hydrogens is 396 g/mol. The van der Waals surface area contributed by atoms with Gasteiger partial charge >= 0.3 is 5.97 Å². The lowest BCUT2D eigenvalue weighted by Gasteiger charge is -2.27. The van der Waals surface area contributed by atoms with E-state index in [-0.39, 0.29) is 23.4 Å². The number of aromatic nitrogens is 1. The second-order valence-corrected chi connectivity index (χ2v) is 7.32. The standard InChI is InChI=1S/C24H16N2O5/c27-21-14-19(15-10-12-17(13-11-15)26(29)30)22-23(31-21)18-8-4-5-9-20(18)25(24(22)28)16-6-2-1-3-7-16/h1-13,19H,14H2. The third-order valence-electron chi connectivity index (χ3n) is 5.52. The molecule has 31 heavy (non-hydrogen) atoms. The van der Waals surface area contributed by atoms with E-state index in [0.29, 0.717) is 27.7 Å². The fourth-order valence-electron chi connectivity index (χ4n) is 4.12. The highest BCUT2D eigenvalue weighted by atomic mass is 16.6. The number of hydrogen-bond donors (Lipinski definition) is 0. The predicted octanol–water partition coefficient (Wildman–Crippen LogP) is 4.34. The third kappa shape index (κ3) is 3.07. The van der Waals surface area contributed by atoms with Crippen LogP contribution < -0.4 is 10.3 Å². The fraction of sp³-hybridized carbons (Fsp3) is 0.0833. The first-order valence-electron chi connectivity index (χ1n) is 9.72. The normalized spacial score (nSPS) is 15.4. The maximum absolute atomic E-state index is 13.8. The van der Waals surface area contributed by atoms with Crippen LogP contribution in [0.1, 0.15) is 23.5 Å². The highest BCUT2D eigenvalue weighted by Gasteiger charge is 2.34. The molecule has 1 aromatic heterocycles. The van der Waals surface area contributed by atoms with Crippen LogP contribution in [0.5, 0.6) is 5.75 Å². The van der Waals surface area contributed by atoms with Gasteiger partial charge in [0.1, 0.15) is 5.75 Å². The Hall–Kier alpha value is -4.26. The molecule has 0 spiro atoms. The van der Waals surface area contributed by atoms with Gasteiger partial charge in [-0.05, 0) is 29.8 Å². The van der Waals surface area contributed by atoms with Gasteiger partial charge < -0.3 is 4.74 Å². The summed E-state index contributed by atoms with van der Waals surface area (Å²) in [5.74, 6) is -0.755. The van der Waals surface area contributed by atoms with Crippen molar-refractivity contribution in [1.29, 1.82) is 0 Å². The van der Waals surface area contributed by atoms with Crippen molar-refractivity contribution in [2.75, 3.05) is 0 Å². The van der Waals surface area contributed by atoms with Crippen LogP contribution in [0.25, 0.3) is 16.6 Å². The number of non-ortho nitro benzene ring substituents is 1. The number of benzene rings is 3. The average Bonchev–Trinajstić information content (AvgIpc) is 2.79. The van der Waals surface area contributed by atoms with Gasteiger partial charge in [0.2, 0.25) is 0 Å². The predicted molar refractivity (Wildman–Crippen MR) is 115 cm³/mol. The van der Waals surface area contributed by atoms with Gasteiger partial charge in [-0.1, -0.05) is 42.5 Å². The molecule has 0 saturated carbocycles. The smallest absolute Gasteiger partial charge is 0.312 e. The Labute approximate surface area is 176 Å². The Bertz CT molecular complexity index is 1390. The van der Waals surface area contributed by atoms with Crippen LogP contribution in [0.2, 0.25) is 0 Å². The second-order valence-electron chi connectivity index (χ2n) is 7.32. The first-order valence-corrected chi connectivity index (χ1v) is 9.72. The summed E-state index contributed by atoms with van der Waals surface area (Å²) in [7, 11) is 0. The van der Waals surface area contributed by atoms with Gasteiger partial charge in [0.25, 0.3) is 11.2 Å². The summed E-state index contributed by atoms with van der Waals surface area (Å²) in [5, 5.41) is 11.7. The topological polar surface area (TPSA) is 91.4 Å². The molecule has 2 heterocycles. The number of pyridine rings is 1. The number of carbonyl (C=O) groups excluding carboxylic acids is 1. The molecule has 152 valence electrons. The highest BCUT2D eigenvalue weighted by Crippen LogP contribution is 2.41. The van der Waals surface area contributed by atoms with Crippen molar-refractivity contribution in [2.45, 2.75) is 12.3 Å². The Morgan fingerprint density at radius 3 is 2.29 bits per heavy atom. The first kappa shape index (κ1) is 18.7. The summed E-state index contributed by atoms with van der Waals surface area (Å²) in [6.45, 7) is 0. The van der Waals surface area contributed by atoms with E-state index < -0.39 is 16.8 Å². The quantitative estimate of drug-likeness (QED) is 0.284.